The molecule has 0 aliphatic rings. The van der Waals surface area contributed by atoms with Crippen LogP contribution in [0.1, 0.15) is 11.5 Å². The van der Waals surface area contributed by atoms with E-state index < -0.39 is 11.8 Å². The number of rotatable bonds is 4. The third kappa shape index (κ3) is 3.76. The van der Waals surface area contributed by atoms with Crippen molar-refractivity contribution in [3.8, 4) is 0 Å². The van der Waals surface area contributed by atoms with Gasteiger partial charge in [-0.25, -0.2) is 14.2 Å². The van der Waals surface area contributed by atoms with Crippen molar-refractivity contribution >= 4 is 34.7 Å². The average molecular weight is 332 g/mol. The van der Waals surface area contributed by atoms with Crippen molar-refractivity contribution < 1.29 is 18.3 Å². The van der Waals surface area contributed by atoms with Crippen LogP contribution in [0, 0.1) is 5.82 Å². The van der Waals surface area contributed by atoms with Crippen molar-refractivity contribution in [2.45, 2.75) is 6.61 Å². The van der Waals surface area contributed by atoms with Crippen LogP contribution in [-0.4, -0.2) is 11.0 Å². The second-order valence-electron chi connectivity index (χ2n) is 4.70. The normalized spacial score (nSPS) is 11.2. The maximum absolute atomic E-state index is 12.9. The predicted octanol–water partition coefficient (Wildman–Crippen LogP) is 4.38. The highest BCUT2D eigenvalue weighted by Gasteiger charge is 2.06. The van der Waals surface area contributed by atoms with Crippen LogP contribution < -0.4 is 0 Å². The van der Waals surface area contributed by atoms with Gasteiger partial charge in [-0.15, -0.1) is 0 Å². The molecule has 0 saturated heterocycles. The van der Waals surface area contributed by atoms with E-state index in [1.807, 2.05) is 18.2 Å². The second-order valence-corrected chi connectivity index (χ2v) is 5.10. The van der Waals surface area contributed by atoms with Crippen LogP contribution in [0.3, 0.4) is 0 Å². The number of aromatic nitrogens is 1. The van der Waals surface area contributed by atoms with Gasteiger partial charge in [-0.05, 0) is 24.3 Å². The molecule has 0 bridgehead atoms. The van der Waals surface area contributed by atoms with Gasteiger partial charge in [0.05, 0.1) is 5.02 Å². The maximum atomic E-state index is 12.9. The largest absolute Gasteiger partial charge is 0.458 e. The van der Waals surface area contributed by atoms with E-state index in [1.165, 1.54) is 30.4 Å². The van der Waals surface area contributed by atoms with Crippen LogP contribution in [0.5, 0.6) is 0 Å². The molecule has 116 valence electrons. The number of carbonyl (C=O) groups excluding carboxylic acids is 1. The van der Waals surface area contributed by atoms with E-state index in [0.29, 0.717) is 22.6 Å². The van der Waals surface area contributed by atoms with Gasteiger partial charge in [0.2, 0.25) is 5.89 Å². The van der Waals surface area contributed by atoms with E-state index in [4.69, 9.17) is 20.8 Å². The number of carbonyl (C=O) groups is 1. The molecule has 0 atom stereocenters. The molecule has 6 heteroatoms. The molecule has 4 nitrogen and oxygen atoms in total. The van der Waals surface area contributed by atoms with E-state index >= 15 is 0 Å². The highest BCUT2D eigenvalue weighted by Crippen LogP contribution is 2.18. The Balaban J connectivity index is 1.62. The SMILES string of the molecule is O=C(C=Cc1nc2ccccc2o1)OCc1ccc(F)cc1Cl. The van der Waals surface area contributed by atoms with Crippen LogP contribution >= 0.6 is 11.6 Å². The Kier molecular flexibility index (Phi) is 4.39. The third-order valence-corrected chi connectivity index (χ3v) is 3.41. The summed E-state index contributed by atoms with van der Waals surface area (Å²) in [6.07, 6.45) is 2.64. The summed E-state index contributed by atoms with van der Waals surface area (Å²) < 4.78 is 23.4. The van der Waals surface area contributed by atoms with Crippen molar-refractivity contribution in [3.05, 3.63) is 70.8 Å². The zero-order valence-electron chi connectivity index (χ0n) is 11.8. The fourth-order valence-corrected chi connectivity index (χ4v) is 2.16. The summed E-state index contributed by atoms with van der Waals surface area (Å²) in [5.41, 5.74) is 1.87. The quantitative estimate of drug-likeness (QED) is 0.526. The van der Waals surface area contributed by atoms with Crippen molar-refractivity contribution in [2.75, 3.05) is 0 Å². The van der Waals surface area contributed by atoms with Crippen molar-refractivity contribution in [1.29, 1.82) is 0 Å². The predicted molar refractivity (Wildman–Crippen MR) is 84.2 cm³/mol. The molecule has 0 amide bonds. The van der Waals surface area contributed by atoms with Crippen LogP contribution in [0.15, 0.2) is 53.0 Å². The lowest BCUT2D eigenvalue weighted by atomic mass is 10.2. The molecule has 3 aromatic rings. The molecule has 0 N–H and O–H groups in total. The molecule has 0 aliphatic heterocycles. The summed E-state index contributed by atoms with van der Waals surface area (Å²) in [5.74, 6) is -0.712. The fraction of sp³-hybridized carbons (Fsp3) is 0.0588. The van der Waals surface area contributed by atoms with Gasteiger partial charge < -0.3 is 9.15 Å². The molecule has 0 radical (unpaired) electrons. The molecule has 23 heavy (non-hydrogen) atoms. The second kappa shape index (κ2) is 6.62. The first-order valence-electron chi connectivity index (χ1n) is 6.76. The number of hydrogen-bond acceptors (Lipinski definition) is 4. The molecule has 1 heterocycles. The molecule has 0 spiro atoms. The number of hydrogen-bond donors (Lipinski definition) is 0. The van der Waals surface area contributed by atoms with Gasteiger partial charge in [-0.1, -0.05) is 29.8 Å². The summed E-state index contributed by atoms with van der Waals surface area (Å²) >= 11 is 5.86. The Morgan fingerprint density at radius 3 is 2.91 bits per heavy atom. The van der Waals surface area contributed by atoms with Crippen molar-refractivity contribution in [3.63, 3.8) is 0 Å². The van der Waals surface area contributed by atoms with Gasteiger partial charge in [-0.2, -0.15) is 0 Å². The Bertz CT molecular complexity index is 855. The standard InChI is InChI=1S/C17H11ClFNO3/c18-13-9-12(19)6-5-11(13)10-22-17(21)8-7-16-20-14-3-1-2-4-15(14)23-16/h1-9H,10H2. The topological polar surface area (TPSA) is 52.3 Å². The average Bonchev–Trinajstić information content (AvgIpc) is 2.95. The monoisotopic (exact) mass is 331 g/mol. The van der Waals surface area contributed by atoms with Crippen LogP contribution in [0.2, 0.25) is 5.02 Å². The van der Waals surface area contributed by atoms with Crippen molar-refractivity contribution in [1.82, 2.24) is 4.98 Å². The Morgan fingerprint density at radius 2 is 2.13 bits per heavy atom. The number of halogens is 2. The third-order valence-electron chi connectivity index (χ3n) is 3.06. The number of fused-ring (bicyclic) bond motifs is 1. The van der Waals surface area contributed by atoms with Gasteiger partial charge >= 0.3 is 5.97 Å². The highest BCUT2D eigenvalue weighted by atomic mass is 35.5. The minimum absolute atomic E-state index is 0.0458. The molecule has 0 aliphatic carbocycles. The molecule has 1 aromatic heterocycles. The van der Waals surface area contributed by atoms with E-state index in [9.17, 15) is 9.18 Å². The molecule has 3 rings (SSSR count). The van der Waals surface area contributed by atoms with Crippen molar-refractivity contribution in [2.24, 2.45) is 0 Å². The van der Waals surface area contributed by atoms with E-state index in [1.54, 1.807) is 6.07 Å². The Hall–Kier alpha value is -2.66. The van der Waals surface area contributed by atoms with Gasteiger partial charge in [0.15, 0.2) is 5.58 Å². The van der Waals surface area contributed by atoms with Gasteiger partial charge in [0.25, 0.3) is 0 Å². The molecular formula is C17H11ClFNO3. The molecule has 0 saturated carbocycles. The Labute approximate surface area is 136 Å². The number of para-hydroxylation sites is 2. The zero-order valence-corrected chi connectivity index (χ0v) is 12.6. The fourth-order valence-electron chi connectivity index (χ4n) is 1.94. The first kappa shape index (κ1) is 15.2. The maximum Gasteiger partial charge on any atom is 0.331 e. The van der Waals surface area contributed by atoms with Crippen LogP contribution in [0.25, 0.3) is 17.2 Å². The highest BCUT2D eigenvalue weighted by molar-refractivity contribution is 6.31. The summed E-state index contributed by atoms with van der Waals surface area (Å²) in [5, 5.41) is 0.209. The summed E-state index contributed by atoms with van der Waals surface area (Å²) in [6, 6.07) is 11.2. The summed E-state index contributed by atoms with van der Waals surface area (Å²) in [6.45, 7) is -0.0458. The number of esters is 1. The molecule has 2 aromatic carbocycles. The molecule has 0 fully saturated rings. The summed E-state index contributed by atoms with van der Waals surface area (Å²) in [7, 11) is 0. The first-order chi connectivity index (χ1) is 11.1. The lowest BCUT2D eigenvalue weighted by Gasteiger charge is -2.04. The van der Waals surface area contributed by atoms with Gasteiger partial charge in [0, 0.05) is 17.7 Å². The Morgan fingerprint density at radius 1 is 1.30 bits per heavy atom. The lowest BCUT2D eigenvalue weighted by Crippen LogP contribution is -2.01. The smallest absolute Gasteiger partial charge is 0.331 e. The lowest BCUT2D eigenvalue weighted by molar-refractivity contribution is -0.138. The minimum Gasteiger partial charge on any atom is -0.458 e. The van der Waals surface area contributed by atoms with Gasteiger partial charge in [0.1, 0.15) is 17.9 Å². The number of benzene rings is 2. The number of ether oxygens (including phenoxy) is 1. The zero-order chi connectivity index (χ0) is 16.2. The van der Waals surface area contributed by atoms with Crippen LogP contribution in [-0.2, 0) is 16.1 Å². The molecular weight excluding hydrogens is 321 g/mol. The number of oxazole rings is 1. The van der Waals surface area contributed by atoms with E-state index in [0.717, 1.165) is 0 Å². The van der Waals surface area contributed by atoms with Gasteiger partial charge in [-0.3, -0.25) is 0 Å². The number of nitrogens with zero attached hydrogens (tertiary/aromatic N) is 1. The summed E-state index contributed by atoms with van der Waals surface area (Å²) in [4.78, 5) is 15.9. The van der Waals surface area contributed by atoms with Crippen LogP contribution in [0.4, 0.5) is 4.39 Å². The van der Waals surface area contributed by atoms with E-state index in [-0.39, 0.29) is 11.6 Å². The first-order valence-corrected chi connectivity index (χ1v) is 7.14. The minimum atomic E-state index is -0.576. The molecule has 0 unspecified atom stereocenters. The van der Waals surface area contributed by atoms with E-state index in [2.05, 4.69) is 4.98 Å².